The molecule has 4 heteroatoms. The molecule has 1 amide bonds. The number of nitrogens with one attached hydrogen (secondary N) is 1. The van der Waals surface area contributed by atoms with Crippen LogP contribution in [-0.2, 0) is 11.2 Å². The molecule has 23 heavy (non-hydrogen) atoms. The Morgan fingerprint density at radius 2 is 1.83 bits per heavy atom. The molecule has 0 aliphatic carbocycles. The van der Waals surface area contributed by atoms with Crippen molar-refractivity contribution in [3.05, 3.63) is 65.5 Å². The number of rotatable bonds is 8. The van der Waals surface area contributed by atoms with Gasteiger partial charge in [0.15, 0.2) is 0 Å². The van der Waals surface area contributed by atoms with Crippen LogP contribution in [0, 0.1) is 12.7 Å². The van der Waals surface area contributed by atoms with Crippen molar-refractivity contribution in [2.75, 3.05) is 13.2 Å². The van der Waals surface area contributed by atoms with Crippen LogP contribution in [0.1, 0.15) is 24.0 Å². The maximum atomic E-state index is 12.7. The van der Waals surface area contributed by atoms with Gasteiger partial charge in [-0.1, -0.05) is 24.3 Å². The smallest absolute Gasteiger partial charge is 0.224 e. The van der Waals surface area contributed by atoms with Gasteiger partial charge < -0.3 is 10.1 Å². The van der Waals surface area contributed by atoms with Gasteiger partial charge in [0.05, 0.1) is 13.0 Å². The topological polar surface area (TPSA) is 38.3 Å². The highest BCUT2D eigenvalue weighted by molar-refractivity contribution is 5.78. The van der Waals surface area contributed by atoms with Crippen LogP contribution in [0.15, 0.2) is 48.5 Å². The van der Waals surface area contributed by atoms with Crippen LogP contribution in [0.5, 0.6) is 5.75 Å². The average Bonchev–Trinajstić information content (AvgIpc) is 2.54. The number of benzene rings is 2. The van der Waals surface area contributed by atoms with Crippen molar-refractivity contribution in [2.45, 2.75) is 26.2 Å². The number of hydrogen-bond donors (Lipinski definition) is 1. The summed E-state index contributed by atoms with van der Waals surface area (Å²) in [6.07, 6.45) is 2.10. The van der Waals surface area contributed by atoms with Crippen molar-refractivity contribution in [2.24, 2.45) is 0 Å². The van der Waals surface area contributed by atoms with Gasteiger partial charge in [0.25, 0.3) is 0 Å². The highest BCUT2D eigenvalue weighted by Crippen LogP contribution is 2.11. The summed E-state index contributed by atoms with van der Waals surface area (Å²) in [6.45, 7) is 3.20. The molecule has 0 saturated carbocycles. The monoisotopic (exact) mass is 315 g/mol. The van der Waals surface area contributed by atoms with E-state index in [0.29, 0.717) is 25.3 Å². The van der Waals surface area contributed by atoms with Crippen LogP contribution < -0.4 is 10.1 Å². The summed E-state index contributed by atoms with van der Waals surface area (Å²) in [5, 5.41) is 2.92. The van der Waals surface area contributed by atoms with Gasteiger partial charge in [-0.3, -0.25) is 4.79 Å². The normalized spacial score (nSPS) is 10.3. The fourth-order valence-corrected chi connectivity index (χ4v) is 2.22. The van der Waals surface area contributed by atoms with Crippen LogP contribution in [0.2, 0.25) is 0 Å². The number of hydrogen-bond acceptors (Lipinski definition) is 2. The van der Waals surface area contributed by atoms with Crippen LogP contribution >= 0.6 is 0 Å². The Labute approximate surface area is 136 Å². The quantitative estimate of drug-likeness (QED) is 0.755. The molecule has 0 bridgehead atoms. The van der Waals surface area contributed by atoms with Crippen molar-refractivity contribution in [3.63, 3.8) is 0 Å². The summed E-state index contributed by atoms with van der Waals surface area (Å²) in [5.41, 5.74) is 2.19. The van der Waals surface area contributed by atoms with E-state index in [2.05, 4.69) is 5.32 Å². The Kier molecular flexibility index (Phi) is 6.60. The van der Waals surface area contributed by atoms with Gasteiger partial charge in [0.1, 0.15) is 11.6 Å². The molecule has 0 fully saturated rings. The first-order valence-corrected chi connectivity index (χ1v) is 7.85. The summed E-state index contributed by atoms with van der Waals surface area (Å²) >= 11 is 0. The van der Waals surface area contributed by atoms with Crippen molar-refractivity contribution in [1.29, 1.82) is 0 Å². The Balaban J connectivity index is 1.57. The summed E-state index contributed by atoms with van der Waals surface area (Å²) in [5.74, 6) is 0.433. The third-order valence-corrected chi connectivity index (χ3v) is 3.59. The molecule has 0 saturated heterocycles. The molecule has 1 N–H and O–H groups in total. The Morgan fingerprint density at radius 3 is 2.57 bits per heavy atom. The lowest BCUT2D eigenvalue weighted by Crippen LogP contribution is -2.26. The van der Waals surface area contributed by atoms with E-state index in [-0.39, 0.29) is 11.7 Å². The van der Waals surface area contributed by atoms with Gasteiger partial charge in [0, 0.05) is 6.54 Å². The van der Waals surface area contributed by atoms with E-state index >= 15 is 0 Å². The number of unbranched alkanes of at least 4 members (excludes halogenated alkanes) is 1. The lowest BCUT2D eigenvalue weighted by Gasteiger charge is -2.08. The molecule has 0 radical (unpaired) electrons. The molecule has 2 aromatic carbocycles. The Hall–Kier alpha value is -2.36. The number of carbonyl (C=O) groups is 1. The van der Waals surface area contributed by atoms with Crippen molar-refractivity contribution >= 4 is 5.91 Å². The summed E-state index contributed by atoms with van der Waals surface area (Å²) in [7, 11) is 0. The fraction of sp³-hybridized carbons (Fsp3) is 0.316. The number of halogens is 1. The predicted molar refractivity (Wildman–Crippen MR) is 89.0 cm³/mol. The second-order valence-electron chi connectivity index (χ2n) is 5.46. The molecule has 0 unspecified atom stereocenters. The minimum absolute atomic E-state index is 0.0405. The fourth-order valence-electron chi connectivity index (χ4n) is 2.22. The maximum Gasteiger partial charge on any atom is 0.224 e. The summed E-state index contributed by atoms with van der Waals surface area (Å²) < 4.78 is 18.2. The molecule has 0 spiro atoms. The molecule has 0 aliphatic rings. The molecule has 122 valence electrons. The molecule has 0 aromatic heterocycles. The van der Waals surface area contributed by atoms with Crippen LogP contribution in [0.3, 0.4) is 0 Å². The molecule has 0 atom stereocenters. The van der Waals surface area contributed by atoms with E-state index < -0.39 is 0 Å². The van der Waals surface area contributed by atoms with E-state index in [4.69, 9.17) is 4.74 Å². The maximum absolute atomic E-state index is 12.7. The van der Waals surface area contributed by atoms with E-state index in [0.717, 1.165) is 24.0 Å². The Morgan fingerprint density at radius 1 is 1.09 bits per heavy atom. The Bertz CT molecular complexity index is 626. The SMILES string of the molecule is Cc1ccccc1CC(=O)NCCCCOc1ccc(F)cc1. The third-order valence-electron chi connectivity index (χ3n) is 3.59. The van der Waals surface area contributed by atoms with Crippen LogP contribution in [0.25, 0.3) is 0 Å². The van der Waals surface area contributed by atoms with Gasteiger partial charge in [0.2, 0.25) is 5.91 Å². The number of carbonyl (C=O) groups excluding carboxylic acids is 1. The van der Waals surface area contributed by atoms with Crippen molar-refractivity contribution in [1.82, 2.24) is 5.32 Å². The average molecular weight is 315 g/mol. The van der Waals surface area contributed by atoms with Crippen molar-refractivity contribution in [3.8, 4) is 5.75 Å². The minimum atomic E-state index is -0.270. The molecule has 2 rings (SSSR count). The second-order valence-corrected chi connectivity index (χ2v) is 5.46. The highest BCUT2D eigenvalue weighted by Gasteiger charge is 2.04. The summed E-state index contributed by atoms with van der Waals surface area (Å²) in [4.78, 5) is 11.9. The van der Waals surface area contributed by atoms with Gasteiger partial charge in [-0.25, -0.2) is 4.39 Å². The lowest BCUT2D eigenvalue weighted by molar-refractivity contribution is -0.120. The zero-order valence-electron chi connectivity index (χ0n) is 13.3. The van der Waals surface area contributed by atoms with Gasteiger partial charge >= 0.3 is 0 Å². The number of ether oxygens (including phenoxy) is 1. The lowest BCUT2D eigenvalue weighted by atomic mass is 10.1. The first-order chi connectivity index (χ1) is 11.1. The largest absolute Gasteiger partial charge is 0.494 e. The zero-order chi connectivity index (χ0) is 16.5. The van der Waals surface area contributed by atoms with E-state index in [1.165, 1.54) is 12.1 Å². The standard InChI is InChI=1S/C19H22FNO2/c1-15-6-2-3-7-16(15)14-19(22)21-12-4-5-13-23-18-10-8-17(20)9-11-18/h2-3,6-11H,4-5,12-14H2,1H3,(H,21,22). The molecular weight excluding hydrogens is 293 g/mol. The molecule has 2 aromatic rings. The van der Waals surface area contributed by atoms with Crippen LogP contribution in [-0.4, -0.2) is 19.1 Å². The van der Waals surface area contributed by atoms with E-state index in [1.807, 2.05) is 31.2 Å². The second kappa shape index (κ2) is 8.93. The third kappa shape index (κ3) is 6.10. The highest BCUT2D eigenvalue weighted by atomic mass is 19.1. The number of aryl methyl sites for hydroxylation is 1. The summed E-state index contributed by atoms with van der Waals surface area (Å²) in [6, 6.07) is 13.9. The number of amides is 1. The van der Waals surface area contributed by atoms with Gasteiger partial charge in [-0.2, -0.15) is 0 Å². The van der Waals surface area contributed by atoms with Crippen LogP contribution in [0.4, 0.5) is 4.39 Å². The van der Waals surface area contributed by atoms with Gasteiger partial charge in [-0.15, -0.1) is 0 Å². The minimum Gasteiger partial charge on any atom is -0.494 e. The molecular formula is C19H22FNO2. The van der Waals surface area contributed by atoms with E-state index in [1.54, 1.807) is 12.1 Å². The van der Waals surface area contributed by atoms with Crippen molar-refractivity contribution < 1.29 is 13.9 Å². The zero-order valence-corrected chi connectivity index (χ0v) is 13.3. The van der Waals surface area contributed by atoms with Gasteiger partial charge in [-0.05, 0) is 55.2 Å². The first-order valence-electron chi connectivity index (χ1n) is 7.85. The molecule has 0 aliphatic heterocycles. The molecule has 0 heterocycles. The first kappa shape index (κ1) is 17.0. The predicted octanol–water partition coefficient (Wildman–Crippen LogP) is 3.65. The van der Waals surface area contributed by atoms with E-state index in [9.17, 15) is 9.18 Å². The molecule has 3 nitrogen and oxygen atoms in total.